The molecule has 0 saturated heterocycles. The molecule has 0 N–H and O–H groups in total. The topological polar surface area (TPSA) is 18.5 Å². The van der Waals surface area contributed by atoms with E-state index in [4.69, 9.17) is 9.16 Å². The molecule has 3 rings (SSSR count). The summed E-state index contributed by atoms with van der Waals surface area (Å²) in [7, 11) is -2.45. The van der Waals surface area contributed by atoms with Gasteiger partial charge in [0.25, 0.3) is 8.32 Å². The maximum absolute atomic E-state index is 6.89. The highest BCUT2D eigenvalue weighted by Crippen LogP contribution is 2.37. The van der Waals surface area contributed by atoms with Crippen LogP contribution in [0.25, 0.3) is 0 Å². The normalized spacial score (nSPS) is 20.5. The Bertz CT molecular complexity index is 664. The van der Waals surface area contributed by atoms with Gasteiger partial charge in [-0.3, -0.25) is 0 Å². The van der Waals surface area contributed by atoms with E-state index in [1.54, 1.807) is 0 Å². The summed E-state index contributed by atoms with van der Waals surface area (Å²) in [6, 6.07) is 21.5. The van der Waals surface area contributed by atoms with E-state index in [0.717, 1.165) is 0 Å². The molecule has 0 fully saturated rings. The van der Waals surface area contributed by atoms with Crippen LogP contribution in [0, 0.1) is 5.92 Å². The molecule has 132 valence electrons. The third-order valence-electron chi connectivity index (χ3n) is 5.10. The lowest BCUT2D eigenvalue weighted by Crippen LogP contribution is -2.67. The van der Waals surface area contributed by atoms with Crippen molar-refractivity contribution in [2.75, 3.05) is 6.61 Å². The van der Waals surface area contributed by atoms with Crippen molar-refractivity contribution in [1.29, 1.82) is 0 Å². The van der Waals surface area contributed by atoms with Gasteiger partial charge in [0.1, 0.15) is 6.10 Å². The summed E-state index contributed by atoms with van der Waals surface area (Å²) in [5.74, 6) is 0.387. The van der Waals surface area contributed by atoms with Gasteiger partial charge in [-0.25, -0.2) is 0 Å². The van der Waals surface area contributed by atoms with E-state index in [1.165, 1.54) is 10.4 Å². The number of ether oxygens (including phenoxy) is 1. The van der Waals surface area contributed by atoms with Crippen molar-refractivity contribution < 1.29 is 9.16 Å². The maximum Gasteiger partial charge on any atom is 0.261 e. The van der Waals surface area contributed by atoms with E-state index in [1.807, 2.05) is 6.26 Å². The van der Waals surface area contributed by atoms with Gasteiger partial charge in [0.05, 0.1) is 12.9 Å². The predicted molar refractivity (Wildman–Crippen MR) is 107 cm³/mol. The summed E-state index contributed by atoms with van der Waals surface area (Å²) in [6.45, 7) is 9.70. The molecule has 0 radical (unpaired) electrons. The van der Waals surface area contributed by atoms with Crippen molar-refractivity contribution in [3.63, 3.8) is 0 Å². The van der Waals surface area contributed by atoms with Crippen LogP contribution >= 0.6 is 0 Å². The van der Waals surface area contributed by atoms with Crippen molar-refractivity contribution in [3.05, 3.63) is 73.0 Å². The molecule has 2 atom stereocenters. The number of hydrogen-bond acceptors (Lipinski definition) is 2. The Balaban J connectivity index is 2.05. The van der Waals surface area contributed by atoms with Crippen LogP contribution in [0.2, 0.25) is 5.04 Å². The molecule has 0 saturated carbocycles. The van der Waals surface area contributed by atoms with Crippen LogP contribution in [-0.2, 0) is 9.16 Å². The minimum absolute atomic E-state index is 0.00494. The smallest absolute Gasteiger partial charge is 0.261 e. The van der Waals surface area contributed by atoms with Crippen LogP contribution < -0.4 is 10.4 Å². The van der Waals surface area contributed by atoms with Crippen molar-refractivity contribution in [1.82, 2.24) is 0 Å². The van der Waals surface area contributed by atoms with Crippen molar-refractivity contribution >= 4 is 18.7 Å². The molecule has 1 aliphatic rings. The standard InChI is InChI=1S/C22H28O2Si/c1-18-15-16-23-21(18)17-24-25(22(2,3)4,19-11-7-5-8-12-19)20-13-9-6-10-14-20/h5-16,18,21H,17H2,1-4H3/t18-,21-/m0/s1. The molecule has 2 nitrogen and oxygen atoms in total. The highest BCUT2D eigenvalue weighted by Gasteiger charge is 2.50. The maximum atomic E-state index is 6.89. The Morgan fingerprint density at radius 1 is 0.920 bits per heavy atom. The van der Waals surface area contributed by atoms with Crippen LogP contribution in [0.15, 0.2) is 73.0 Å². The van der Waals surface area contributed by atoms with Crippen LogP contribution in [0.4, 0.5) is 0 Å². The van der Waals surface area contributed by atoms with E-state index in [-0.39, 0.29) is 11.1 Å². The Morgan fingerprint density at radius 2 is 1.44 bits per heavy atom. The first-order valence-corrected chi connectivity index (χ1v) is 10.9. The molecular formula is C22H28O2Si. The van der Waals surface area contributed by atoms with E-state index >= 15 is 0 Å². The molecule has 0 aromatic heterocycles. The predicted octanol–water partition coefficient (Wildman–Crippen LogP) is 4.11. The van der Waals surface area contributed by atoms with E-state index < -0.39 is 8.32 Å². The third-order valence-corrected chi connectivity index (χ3v) is 10.1. The lowest BCUT2D eigenvalue weighted by atomic mass is 10.1. The molecule has 0 bridgehead atoms. The fourth-order valence-electron chi connectivity index (χ4n) is 3.68. The summed E-state index contributed by atoms with van der Waals surface area (Å²) >= 11 is 0. The second kappa shape index (κ2) is 7.18. The minimum Gasteiger partial charge on any atom is -0.495 e. The summed E-state index contributed by atoms with van der Waals surface area (Å²) < 4.78 is 12.7. The van der Waals surface area contributed by atoms with Crippen LogP contribution in [0.1, 0.15) is 27.7 Å². The molecule has 3 heteroatoms. The van der Waals surface area contributed by atoms with Crippen molar-refractivity contribution in [2.45, 2.75) is 38.8 Å². The Hall–Kier alpha value is -1.84. The second-order valence-corrected chi connectivity index (χ2v) is 12.1. The zero-order chi connectivity index (χ0) is 17.9. The first-order valence-electron chi connectivity index (χ1n) is 9.02. The van der Waals surface area contributed by atoms with Gasteiger partial charge in [0, 0.05) is 5.92 Å². The van der Waals surface area contributed by atoms with Crippen LogP contribution in [0.3, 0.4) is 0 Å². The summed E-state index contributed by atoms with van der Waals surface area (Å²) in [5, 5.41) is 2.63. The first kappa shape index (κ1) is 18.0. The molecule has 0 spiro atoms. The summed E-state index contributed by atoms with van der Waals surface area (Å²) in [5.41, 5.74) is 0. The average Bonchev–Trinajstić information content (AvgIpc) is 3.01. The fourth-order valence-corrected chi connectivity index (χ4v) is 8.25. The van der Waals surface area contributed by atoms with Gasteiger partial charge in [-0.1, -0.05) is 88.4 Å². The molecule has 0 aliphatic carbocycles. The molecule has 1 aliphatic heterocycles. The monoisotopic (exact) mass is 352 g/mol. The Morgan fingerprint density at radius 3 is 1.84 bits per heavy atom. The molecule has 25 heavy (non-hydrogen) atoms. The lowest BCUT2D eigenvalue weighted by Gasteiger charge is -2.43. The van der Waals surface area contributed by atoms with Gasteiger partial charge < -0.3 is 9.16 Å². The van der Waals surface area contributed by atoms with Crippen LogP contribution in [0.5, 0.6) is 0 Å². The van der Waals surface area contributed by atoms with Gasteiger partial charge in [0.15, 0.2) is 0 Å². The molecule has 2 aromatic carbocycles. The van der Waals surface area contributed by atoms with Crippen molar-refractivity contribution in [2.24, 2.45) is 5.92 Å². The SMILES string of the molecule is C[C@H]1C=CO[C@H]1CO[Si](c1ccccc1)(c1ccccc1)C(C)(C)C. The highest BCUT2D eigenvalue weighted by molar-refractivity contribution is 6.99. The largest absolute Gasteiger partial charge is 0.495 e. The molecule has 2 aromatic rings. The Kier molecular flexibility index (Phi) is 5.16. The van der Waals surface area contributed by atoms with Gasteiger partial charge in [-0.2, -0.15) is 0 Å². The van der Waals surface area contributed by atoms with Gasteiger partial charge in [-0.05, 0) is 21.5 Å². The summed E-state index contributed by atoms with van der Waals surface area (Å²) in [4.78, 5) is 0. The molecule has 0 unspecified atom stereocenters. The van der Waals surface area contributed by atoms with Gasteiger partial charge in [0.2, 0.25) is 0 Å². The molecule has 1 heterocycles. The Labute approximate surface area is 152 Å². The second-order valence-electron chi connectivity index (χ2n) is 7.84. The number of hydrogen-bond donors (Lipinski definition) is 0. The molecular weight excluding hydrogens is 324 g/mol. The fraction of sp³-hybridized carbons (Fsp3) is 0.364. The van der Waals surface area contributed by atoms with E-state index in [2.05, 4.69) is 94.4 Å². The zero-order valence-corrected chi connectivity index (χ0v) is 16.6. The summed E-state index contributed by atoms with van der Waals surface area (Å²) in [6.07, 6.45) is 4.02. The van der Waals surface area contributed by atoms with E-state index in [0.29, 0.717) is 12.5 Å². The third kappa shape index (κ3) is 3.44. The first-order chi connectivity index (χ1) is 11.9. The van der Waals surface area contributed by atoms with Crippen molar-refractivity contribution in [3.8, 4) is 0 Å². The van der Waals surface area contributed by atoms with Gasteiger partial charge >= 0.3 is 0 Å². The van der Waals surface area contributed by atoms with E-state index in [9.17, 15) is 0 Å². The minimum atomic E-state index is -2.45. The number of rotatable bonds is 5. The molecule has 0 amide bonds. The van der Waals surface area contributed by atoms with Crippen LogP contribution in [-0.4, -0.2) is 21.0 Å². The van der Waals surface area contributed by atoms with Gasteiger partial charge in [-0.15, -0.1) is 0 Å². The highest BCUT2D eigenvalue weighted by atomic mass is 28.4. The number of benzene rings is 2. The lowest BCUT2D eigenvalue weighted by molar-refractivity contribution is 0.0795. The quantitative estimate of drug-likeness (QED) is 0.754. The zero-order valence-electron chi connectivity index (χ0n) is 15.6. The average molecular weight is 353 g/mol.